The van der Waals surface area contributed by atoms with Crippen LogP contribution in [-0.2, 0) is 4.79 Å². The minimum Gasteiger partial charge on any atom is -0.454 e. The first-order valence-electron chi connectivity index (χ1n) is 8.43. The van der Waals surface area contributed by atoms with Crippen LogP contribution in [-0.4, -0.2) is 43.3 Å². The smallest absolute Gasteiger partial charge is 0.325 e. The van der Waals surface area contributed by atoms with Gasteiger partial charge in [-0.05, 0) is 38.1 Å². The van der Waals surface area contributed by atoms with Crippen LogP contribution in [0.5, 0.6) is 11.5 Å². The van der Waals surface area contributed by atoms with Gasteiger partial charge in [-0.25, -0.2) is 4.79 Å². The molecule has 7 nitrogen and oxygen atoms in total. The van der Waals surface area contributed by atoms with E-state index in [4.69, 9.17) is 9.47 Å². The lowest BCUT2D eigenvalue weighted by Crippen LogP contribution is -2.42. The number of rotatable bonds is 3. The number of hydrogen-bond acceptors (Lipinski definition) is 5. The monoisotopic (exact) mass is 333 g/mol. The Morgan fingerprint density at radius 3 is 2.50 bits per heavy atom. The molecule has 1 fully saturated rings. The van der Waals surface area contributed by atoms with Crippen LogP contribution in [0.4, 0.5) is 10.5 Å². The van der Waals surface area contributed by atoms with Crippen molar-refractivity contribution in [2.75, 3.05) is 31.7 Å². The summed E-state index contributed by atoms with van der Waals surface area (Å²) in [6.45, 7) is 2.27. The molecule has 0 aliphatic carbocycles. The number of likely N-dealkylation sites (tertiary alicyclic amines) is 1. The molecule has 0 atom stereocenters. The zero-order valence-electron chi connectivity index (χ0n) is 13.7. The van der Waals surface area contributed by atoms with Crippen LogP contribution in [0.25, 0.3) is 0 Å². The molecule has 2 aliphatic heterocycles. The maximum Gasteiger partial charge on any atom is 0.325 e. The van der Waals surface area contributed by atoms with Gasteiger partial charge in [0, 0.05) is 11.8 Å². The van der Waals surface area contributed by atoms with E-state index in [0.717, 1.165) is 25.9 Å². The summed E-state index contributed by atoms with van der Waals surface area (Å²) in [6, 6.07) is 4.56. The van der Waals surface area contributed by atoms with E-state index in [9.17, 15) is 9.59 Å². The fourth-order valence-electron chi connectivity index (χ4n) is 2.98. The van der Waals surface area contributed by atoms with Gasteiger partial charge in [-0.1, -0.05) is 19.3 Å². The summed E-state index contributed by atoms with van der Waals surface area (Å²) in [5.41, 5.74) is 0.552. The minimum atomic E-state index is -0.536. The number of urea groups is 1. The van der Waals surface area contributed by atoms with E-state index < -0.39 is 6.03 Å². The van der Waals surface area contributed by atoms with Crippen molar-refractivity contribution in [2.24, 2.45) is 0 Å². The second kappa shape index (κ2) is 8.01. The summed E-state index contributed by atoms with van der Waals surface area (Å²) in [4.78, 5) is 26.1. The van der Waals surface area contributed by atoms with Crippen molar-refractivity contribution in [2.45, 2.75) is 32.1 Å². The summed E-state index contributed by atoms with van der Waals surface area (Å²) in [7, 11) is 0. The second-order valence-electron chi connectivity index (χ2n) is 6.11. The minimum absolute atomic E-state index is 0.180. The average Bonchev–Trinajstić information content (AvgIpc) is 2.97. The number of hydrogen-bond donors (Lipinski definition) is 2. The molecule has 0 saturated carbocycles. The average molecular weight is 333 g/mol. The fraction of sp³-hybridized carbons (Fsp3) is 0.529. The van der Waals surface area contributed by atoms with Gasteiger partial charge in [-0.15, -0.1) is 0 Å². The molecule has 0 spiro atoms. The quantitative estimate of drug-likeness (QED) is 0.887. The summed E-state index contributed by atoms with van der Waals surface area (Å²) >= 11 is 0. The Morgan fingerprint density at radius 1 is 1.00 bits per heavy atom. The number of imide groups is 1. The summed E-state index contributed by atoms with van der Waals surface area (Å²) in [5, 5.41) is 5.01. The van der Waals surface area contributed by atoms with Crippen molar-refractivity contribution in [3.63, 3.8) is 0 Å². The number of benzene rings is 1. The van der Waals surface area contributed by atoms with E-state index in [2.05, 4.69) is 15.5 Å². The highest BCUT2D eigenvalue weighted by molar-refractivity contribution is 6.01. The molecule has 2 heterocycles. The standard InChI is InChI=1S/C17H23N3O4/c21-16(11-20-8-4-2-1-3-5-9-20)19-17(22)18-13-6-7-14-15(10-13)24-12-23-14/h6-7,10H,1-5,8-9,11-12H2,(H2,18,19,21,22). The molecule has 1 saturated heterocycles. The van der Waals surface area contributed by atoms with Crippen LogP contribution in [0.2, 0.25) is 0 Å². The van der Waals surface area contributed by atoms with Gasteiger partial charge in [0.1, 0.15) is 0 Å². The summed E-state index contributed by atoms with van der Waals surface area (Å²) < 4.78 is 10.5. The summed E-state index contributed by atoms with van der Waals surface area (Å²) in [6.07, 6.45) is 5.91. The van der Waals surface area contributed by atoms with Gasteiger partial charge in [0.05, 0.1) is 6.54 Å². The van der Waals surface area contributed by atoms with Gasteiger partial charge in [0.2, 0.25) is 12.7 Å². The topological polar surface area (TPSA) is 79.9 Å². The third-order valence-electron chi connectivity index (χ3n) is 4.20. The summed E-state index contributed by atoms with van der Waals surface area (Å²) in [5.74, 6) is 0.947. The Morgan fingerprint density at radius 2 is 1.71 bits per heavy atom. The number of ether oxygens (including phenoxy) is 2. The van der Waals surface area contributed by atoms with Gasteiger partial charge in [-0.2, -0.15) is 0 Å². The third kappa shape index (κ3) is 4.61. The lowest BCUT2D eigenvalue weighted by atomic mass is 10.1. The molecule has 130 valence electrons. The van der Waals surface area contributed by atoms with Crippen LogP contribution < -0.4 is 20.1 Å². The predicted molar refractivity (Wildman–Crippen MR) is 89.3 cm³/mol. The molecule has 1 aromatic carbocycles. The van der Waals surface area contributed by atoms with E-state index >= 15 is 0 Å². The number of nitrogens with zero attached hydrogens (tertiary/aromatic N) is 1. The zero-order valence-corrected chi connectivity index (χ0v) is 13.7. The molecular formula is C17H23N3O4. The van der Waals surface area contributed by atoms with Crippen molar-refractivity contribution in [3.05, 3.63) is 18.2 Å². The number of nitrogens with one attached hydrogen (secondary N) is 2. The van der Waals surface area contributed by atoms with E-state index in [0.29, 0.717) is 17.2 Å². The highest BCUT2D eigenvalue weighted by Gasteiger charge is 2.16. The van der Waals surface area contributed by atoms with Crippen molar-refractivity contribution in [1.82, 2.24) is 10.2 Å². The molecule has 0 aromatic heterocycles. The zero-order chi connectivity index (χ0) is 16.8. The number of carbonyl (C=O) groups is 2. The number of amides is 3. The highest BCUT2D eigenvalue weighted by Crippen LogP contribution is 2.34. The first-order valence-corrected chi connectivity index (χ1v) is 8.43. The Balaban J connectivity index is 1.46. The van der Waals surface area contributed by atoms with Crippen molar-refractivity contribution >= 4 is 17.6 Å². The van der Waals surface area contributed by atoms with Crippen LogP contribution in [0, 0.1) is 0 Å². The van der Waals surface area contributed by atoms with Gasteiger partial charge in [0.15, 0.2) is 11.5 Å². The predicted octanol–water partition coefficient (Wildman–Crippen LogP) is 2.33. The Kier molecular flexibility index (Phi) is 5.53. The van der Waals surface area contributed by atoms with Crippen LogP contribution >= 0.6 is 0 Å². The highest BCUT2D eigenvalue weighted by atomic mass is 16.7. The Labute approximate surface area is 141 Å². The first kappa shape index (κ1) is 16.6. The number of fused-ring (bicyclic) bond motifs is 1. The lowest BCUT2D eigenvalue weighted by Gasteiger charge is -2.23. The maximum absolute atomic E-state index is 12.0. The molecule has 24 heavy (non-hydrogen) atoms. The van der Waals surface area contributed by atoms with Crippen molar-refractivity contribution < 1.29 is 19.1 Å². The van der Waals surface area contributed by atoms with E-state index in [1.165, 1.54) is 19.3 Å². The molecule has 7 heteroatoms. The molecule has 2 aliphatic rings. The Hall–Kier alpha value is -2.28. The van der Waals surface area contributed by atoms with E-state index in [1.54, 1.807) is 18.2 Å². The normalized spacial score (nSPS) is 17.7. The SMILES string of the molecule is O=C(CN1CCCCCCC1)NC(=O)Nc1ccc2c(c1)OCO2. The lowest BCUT2D eigenvalue weighted by molar-refractivity contribution is -0.121. The van der Waals surface area contributed by atoms with E-state index in [-0.39, 0.29) is 19.2 Å². The van der Waals surface area contributed by atoms with Crippen molar-refractivity contribution in [3.8, 4) is 11.5 Å². The van der Waals surface area contributed by atoms with Gasteiger partial charge >= 0.3 is 6.03 Å². The fourth-order valence-corrected chi connectivity index (χ4v) is 2.98. The molecule has 0 bridgehead atoms. The van der Waals surface area contributed by atoms with Gasteiger partial charge < -0.3 is 14.8 Å². The van der Waals surface area contributed by atoms with Gasteiger partial charge in [0.25, 0.3) is 0 Å². The molecule has 3 rings (SSSR count). The van der Waals surface area contributed by atoms with Crippen LogP contribution in [0.3, 0.4) is 0 Å². The van der Waals surface area contributed by atoms with Gasteiger partial charge in [-0.3, -0.25) is 15.0 Å². The third-order valence-corrected chi connectivity index (χ3v) is 4.20. The largest absolute Gasteiger partial charge is 0.454 e. The van der Waals surface area contributed by atoms with Crippen LogP contribution in [0.15, 0.2) is 18.2 Å². The second-order valence-corrected chi connectivity index (χ2v) is 6.11. The molecule has 0 unspecified atom stereocenters. The molecular weight excluding hydrogens is 310 g/mol. The number of carbonyl (C=O) groups excluding carboxylic acids is 2. The maximum atomic E-state index is 12.0. The van der Waals surface area contributed by atoms with Crippen LogP contribution in [0.1, 0.15) is 32.1 Å². The first-order chi connectivity index (χ1) is 11.7. The number of anilines is 1. The van der Waals surface area contributed by atoms with Crippen molar-refractivity contribution in [1.29, 1.82) is 0 Å². The van der Waals surface area contributed by atoms with E-state index in [1.807, 2.05) is 0 Å². The Bertz CT molecular complexity index is 597. The molecule has 0 radical (unpaired) electrons. The molecule has 1 aromatic rings. The molecule has 2 N–H and O–H groups in total. The molecule has 3 amide bonds.